The van der Waals surface area contributed by atoms with E-state index < -0.39 is 5.41 Å². The molecular formula is C44H27N. The van der Waals surface area contributed by atoms with Crippen LogP contribution in [-0.4, -0.2) is 0 Å². The van der Waals surface area contributed by atoms with Crippen molar-refractivity contribution in [3.05, 3.63) is 192 Å². The van der Waals surface area contributed by atoms with Gasteiger partial charge in [-0.3, -0.25) is 0 Å². The average molecular weight is 570 g/mol. The van der Waals surface area contributed by atoms with E-state index in [0.717, 1.165) is 10.8 Å². The normalized spacial score (nSPS) is 13.0. The number of rotatable bonds is 3. The van der Waals surface area contributed by atoms with Crippen LogP contribution in [-0.2, 0) is 5.41 Å². The van der Waals surface area contributed by atoms with Gasteiger partial charge in [0.05, 0.1) is 17.0 Å². The molecule has 1 heteroatoms. The summed E-state index contributed by atoms with van der Waals surface area (Å²) in [7, 11) is 0. The predicted molar refractivity (Wildman–Crippen MR) is 186 cm³/mol. The van der Waals surface area contributed by atoms with Crippen LogP contribution in [0, 0.1) is 11.3 Å². The maximum absolute atomic E-state index is 9.47. The number of hydrogen-bond donors (Lipinski definition) is 0. The third kappa shape index (κ3) is 3.54. The van der Waals surface area contributed by atoms with Crippen molar-refractivity contribution in [2.45, 2.75) is 5.41 Å². The Balaban J connectivity index is 1.51. The summed E-state index contributed by atoms with van der Waals surface area (Å²) in [4.78, 5) is 0. The molecule has 0 amide bonds. The van der Waals surface area contributed by atoms with Crippen molar-refractivity contribution in [3.8, 4) is 28.3 Å². The van der Waals surface area contributed by atoms with Crippen LogP contribution in [0.2, 0.25) is 0 Å². The van der Waals surface area contributed by atoms with Crippen LogP contribution in [0.25, 0.3) is 54.6 Å². The molecule has 208 valence electrons. The van der Waals surface area contributed by atoms with Crippen LogP contribution in [0.3, 0.4) is 0 Å². The largest absolute Gasteiger partial charge is 0.192 e. The van der Waals surface area contributed by atoms with E-state index in [0.29, 0.717) is 5.56 Å². The molecule has 0 N–H and O–H groups in total. The van der Waals surface area contributed by atoms with Crippen molar-refractivity contribution >= 4 is 32.3 Å². The Morgan fingerprint density at radius 1 is 0.467 bits per heavy atom. The van der Waals surface area contributed by atoms with Crippen LogP contribution in [0.15, 0.2) is 164 Å². The molecule has 0 heterocycles. The van der Waals surface area contributed by atoms with Gasteiger partial charge in [0.2, 0.25) is 0 Å². The Bertz CT molecular complexity index is 2440. The second-order valence-electron chi connectivity index (χ2n) is 11.9. The van der Waals surface area contributed by atoms with E-state index >= 15 is 0 Å². The standard InChI is InChI=1S/C44H27N/c45-28-29-22-23-31-27-32(25-24-30(31)26-29)41-37-17-7-8-18-38(37)43-42-36(19-11-20-39(41)42)35-16-9-10-21-40(35)44(43,33-12-3-1-4-13-33)34-14-5-2-6-15-34/h1-27H. The van der Waals surface area contributed by atoms with Crippen LogP contribution >= 0.6 is 0 Å². The lowest BCUT2D eigenvalue weighted by molar-refractivity contribution is 0.757. The monoisotopic (exact) mass is 569 g/mol. The molecule has 8 aromatic carbocycles. The highest BCUT2D eigenvalue weighted by molar-refractivity contribution is 6.21. The van der Waals surface area contributed by atoms with E-state index in [9.17, 15) is 5.26 Å². The van der Waals surface area contributed by atoms with Crippen LogP contribution in [0.4, 0.5) is 0 Å². The van der Waals surface area contributed by atoms with Gasteiger partial charge in [0.1, 0.15) is 0 Å². The smallest absolute Gasteiger partial charge is 0.0991 e. The summed E-state index contributed by atoms with van der Waals surface area (Å²) in [5.74, 6) is 0. The van der Waals surface area contributed by atoms with Crippen LogP contribution in [0.5, 0.6) is 0 Å². The van der Waals surface area contributed by atoms with Gasteiger partial charge in [-0.1, -0.05) is 146 Å². The Labute approximate surface area is 262 Å². The van der Waals surface area contributed by atoms with Gasteiger partial charge in [-0.15, -0.1) is 0 Å². The molecule has 45 heavy (non-hydrogen) atoms. The van der Waals surface area contributed by atoms with E-state index in [1.807, 2.05) is 12.1 Å². The molecule has 1 nitrogen and oxygen atoms in total. The fraction of sp³-hybridized carbons (Fsp3) is 0.0227. The topological polar surface area (TPSA) is 23.8 Å². The maximum Gasteiger partial charge on any atom is 0.0991 e. The average Bonchev–Trinajstić information content (AvgIpc) is 3.12. The number of nitriles is 1. The third-order valence-corrected chi connectivity index (χ3v) is 9.72. The second kappa shape index (κ2) is 9.78. The van der Waals surface area contributed by atoms with E-state index in [4.69, 9.17) is 0 Å². The van der Waals surface area contributed by atoms with Gasteiger partial charge in [-0.2, -0.15) is 5.26 Å². The van der Waals surface area contributed by atoms with Crippen molar-refractivity contribution < 1.29 is 0 Å². The molecule has 0 spiro atoms. The molecule has 8 aromatic rings. The lowest BCUT2D eigenvalue weighted by atomic mass is 9.58. The molecule has 1 aliphatic rings. The minimum atomic E-state index is -0.527. The summed E-state index contributed by atoms with van der Waals surface area (Å²) in [6.07, 6.45) is 0. The number of nitrogens with zero attached hydrogens (tertiary/aromatic N) is 1. The SMILES string of the molecule is N#Cc1ccc2cc(-c3c4ccccc4c4c5c(cccc35)-c3ccccc3C4(c3ccccc3)c3ccccc3)ccc2c1. The quantitative estimate of drug-likeness (QED) is 0.194. The molecule has 0 aliphatic heterocycles. The van der Waals surface area contributed by atoms with Crippen molar-refractivity contribution in [2.75, 3.05) is 0 Å². The Kier molecular flexibility index (Phi) is 5.55. The highest BCUT2D eigenvalue weighted by Crippen LogP contribution is 2.58. The molecule has 0 radical (unpaired) electrons. The van der Waals surface area contributed by atoms with E-state index in [-0.39, 0.29) is 0 Å². The molecule has 0 fully saturated rings. The van der Waals surface area contributed by atoms with Gasteiger partial charge < -0.3 is 0 Å². The minimum absolute atomic E-state index is 0.527. The summed E-state index contributed by atoms with van der Waals surface area (Å²) < 4.78 is 0. The van der Waals surface area contributed by atoms with Gasteiger partial charge in [0.15, 0.2) is 0 Å². The first-order valence-electron chi connectivity index (χ1n) is 15.4. The fourth-order valence-corrected chi connectivity index (χ4v) is 7.95. The molecule has 1 aliphatic carbocycles. The molecule has 9 rings (SSSR count). The first kappa shape index (κ1) is 25.5. The van der Waals surface area contributed by atoms with Crippen molar-refractivity contribution in [3.63, 3.8) is 0 Å². The van der Waals surface area contributed by atoms with Crippen LogP contribution < -0.4 is 0 Å². The van der Waals surface area contributed by atoms with Crippen molar-refractivity contribution in [2.24, 2.45) is 0 Å². The van der Waals surface area contributed by atoms with Gasteiger partial charge in [-0.05, 0) is 95.0 Å². The summed E-state index contributed by atoms with van der Waals surface area (Å²) in [6, 6.07) is 61.7. The zero-order chi connectivity index (χ0) is 30.0. The Morgan fingerprint density at radius 2 is 1.07 bits per heavy atom. The summed E-state index contributed by atoms with van der Waals surface area (Å²) in [6.45, 7) is 0. The predicted octanol–water partition coefficient (Wildman–Crippen LogP) is 11.0. The molecule has 0 atom stereocenters. The number of fused-ring (bicyclic) bond motifs is 5. The Morgan fingerprint density at radius 3 is 1.82 bits per heavy atom. The Hall–Kier alpha value is -5.97. The first-order valence-corrected chi connectivity index (χ1v) is 15.4. The summed E-state index contributed by atoms with van der Waals surface area (Å²) in [5.41, 5.74) is 10.3. The highest BCUT2D eigenvalue weighted by atomic mass is 14.5. The van der Waals surface area contributed by atoms with E-state index in [1.165, 1.54) is 66.1 Å². The van der Waals surface area contributed by atoms with Crippen molar-refractivity contribution in [1.29, 1.82) is 5.26 Å². The molecule has 0 saturated heterocycles. The number of benzene rings is 8. The second-order valence-corrected chi connectivity index (χ2v) is 11.9. The molecule has 0 aromatic heterocycles. The number of hydrogen-bond acceptors (Lipinski definition) is 1. The van der Waals surface area contributed by atoms with Gasteiger partial charge in [-0.25, -0.2) is 0 Å². The minimum Gasteiger partial charge on any atom is -0.192 e. The molecule has 0 bridgehead atoms. The summed E-state index contributed by atoms with van der Waals surface area (Å²) in [5, 5.41) is 16.7. The first-order chi connectivity index (χ1) is 22.3. The molecule has 0 saturated carbocycles. The molecule has 0 unspecified atom stereocenters. The zero-order valence-electron chi connectivity index (χ0n) is 24.5. The van der Waals surface area contributed by atoms with E-state index in [2.05, 4.69) is 158 Å². The lowest BCUT2D eigenvalue weighted by Gasteiger charge is -2.43. The zero-order valence-corrected chi connectivity index (χ0v) is 24.5. The lowest BCUT2D eigenvalue weighted by Crippen LogP contribution is -2.34. The van der Waals surface area contributed by atoms with E-state index in [1.54, 1.807) is 0 Å². The third-order valence-electron chi connectivity index (χ3n) is 9.72. The highest BCUT2D eigenvalue weighted by Gasteiger charge is 2.45. The van der Waals surface area contributed by atoms with Gasteiger partial charge in [0.25, 0.3) is 0 Å². The van der Waals surface area contributed by atoms with Gasteiger partial charge in [0, 0.05) is 0 Å². The van der Waals surface area contributed by atoms with Gasteiger partial charge >= 0.3 is 0 Å². The van der Waals surface area contributed by atoms with Crippen LogP contribution in [0.1, 0.15) is 27.8 Å². The van der Waals surface area contributed by atoms with Crippen molar-refractivity contribution in [1.82, 2.24) is 0 Å². The summed E-state index contributed by atoms with van der Waals surface area (Å²) >= 11 is 0. The molecular weight excluding hydrogens is 542 g/mol. The fourth-order valence-electron chi connectivity index (χ4n) is 7.95. The maximum atomic E-state index is 9.47.